The number of carbonyl (C=O) groups is 2. The molecule has 7 heteroatoms. The maximum atomic E-state index is 11.8. The van der Waals surface area contributed by atoms with E-state index in [9.17, 15) is 9.59 Å². The van der Waals surface area contributed by atoms with Gasteiger partial charge in [0.25, 0.3) is 0 Å². The molecule has 0 aromatic carbocycles. The summed E-state index contributed by atoms with van der Waals surface area (Å²) in [6, 6.07) is 0. The number of thiophene rings is 1. The summed E-state index contributed by atoms with van der Waals surface area (Å²) < 4.78 is 4.76. The van der Waals surface area contributed by atoms with Crippen LogP contribution in [0, 0.1) is 13.8 Å². The molecular weight excluding hydrogens is 308 g/mol. The van der Waals surface area contributed by atoms with Crippen LogP contribution in [0.3, 0.4) is 0 Å². The SMILES string of the molecule is CCOC(=O)CC(=O)CSc1ncnc2sc(C)c(C)c12. The Hall–Kier alpha value is -1.47. The first-order chi connectivity index (χ1) is 10.0. The minimum Gasteiger partial charge on any atom is -0.466 e. The first-order valence-electron chi connectivity index (χ1n) is 6.53. The van der Waals surface area contributed by atoms with Crippen molar-refractivity contribution in [1.29, 1.82) is 0 Å². The lowest BCUT2D eigenvalue weighted by Gasteiger charge is -2.03. The van der Waals surface area contributed by atoms with Crippen LogP contribution in [-0.2, 0) is 14.3 Å². The van der Waals surface area contributed by atoms with Gasteiger partial charge in [0.1, 0.15) is 22.6 Å². The lowest BCUT2D eigenvalue weighted by Crippen LogP contribution is -2.12. The molecule has 0 atom stereocenters. The number of fused-ring (bicyclic) bond motifs is 1. The number of Topliss-reactive ketones (excluding diaryl/α,β-unsaturated/α-hetero) is 1. The van der Waals surface area contributed by atoms with E-state index in [1.807, 2.05) is 13.8 Å². The maximum Gasteiger partial charge on any atom is 0.313 e. The summed E-state index contributed by atoms with van der Waals surface area (Å²) in [6.45, 7) is 6.08. The molecule has 0 bridgehead atoms. The number of esters is 1. The van der Waals surface area contributed by atoms with E-state index >= 15 is 0 Å². The van der Waals surface area contributed by atoms with Crippen LogP contribution < -0.4 is 0 Å². The number of thioether (sulfide) groups is 1. The van der Waals surface area contributed by atoms with Crippen molar-refractivity contribution >= 4 is 45.1 Å². The summed E-state index contributed by atoms with van der Waals surface area (Å²) >= 11 is 2.96. The van der Waals surface area contributed by atoms with Crippen LogP contribution in [0.2, 0.25) is 0 Å². The molecular formula is C14H16N2O3S2. The molecule has 0 aliphatic heterocycles. The van der Waals surface area contributed by atoms with Crippen LogP contribution >= 0.6 is 23.1 Å². The largest absolute Gasteiger partial charge is 0.466 e. The van der Waals surface area contributed by atoms with E-state index in [2.05, 4.69) is 9.97 Å². The molecule has 0 amide bonds. The Morgan fingerprint density at radius 3 is 2.81 bits per heavy atom. The van der Waals surface area contributed by atoms with Crippen molar-refractivity contribution in [3.63, 3.8) is 0 Å². The molecule has 0 aliphatic carbocycles. The van der Waals surface area contributed by atoms with E-state index < -0.39 is 5.97 Å². The normalized spacial score (nSPS) is 10.8. The Bertz CT molecular complexity index is 682. The fraction of sp³-hybridized carbons (Fsp3) is 0.429. The Morgan fingerprint density at radius 2 is 2.10 bits per heavy atom. The quantitative estimate of drug-likeness (QED) is 0.352. The third-order valence-corrected chi connectivity index (χ3v) is 5.11. The minimum atomic E-state index is -0.474. The van der Waals surface area contributed by atoms with Crippen LogP contribution in [0.25, 0.3) is 10.2 Å². The van der Waals surface area contributed by atoms with Crippen molar-refractivity contribution in [3.8, 4) is 0 Å². The first kappa shape index (κ1) is 15.9. The number of aromatic nitrogens is 2. The highest BCUT2D eigenvalue weighted by Crippen LogP contribution is 2.34. The van der Waals surface area contributed by atoms with Crippen molar-refractivity contribution in [1.82, 2.24) is 9.97 Å². The number of aryl methyl sites for hydroxylation is 2. The van der Waals surface area contributed by atoms with Crippen LogP contribution in [0.1, 0.15) is 23.8 Å². The highest BCUT2D eigenvalue weighted by atomic mass is 32.2. The number of hydrogen-bond acceptors (Lipinski definition) is 7. The Labute approximate surface area is 131 Å². The Kier molecular flexibility index (Phi) is 5.30. The van der Waals surface area contributed by atoms with Gasteiger partial charge in [0.05, 0.1) is 12.4 Å². The molecule has 0 radical (unpaired) electrons. The molecule has 2 heterocycles. The van der Waals surface area contributed by atoms with Crippen molar-refractivity contribution in [2.75, 3.05) is 12.4 Å². The van der Waals surface area contributed by atoms with Gasteiger partial charge >= 0.3 is 5.97 Å². The van der Waals surface area contributed by atoms with Crippen LogP contribution in [0.15, 0.2) is 11.4 Å². The predicted octanol–water partition coefficient (Wildman–Crippen LogP) is 2.92. The summed E-state index contributed by atoms with van der Waals surface area (Å²) in [4.78, 5) is 33.7. The molecule has 0 unspecified atom stereocenters. The van der Waals surface area contributed by atoms with Crippen LogP contribution in [-0.4, -0.2) is 34.1 Å². The highest BCUT2D eigenvalue weighted by molar-refractivity contribution is 8.00. The third-order valence-electron chi connectivity index (χ3n) is 2.95. The molecule has 21 heavy (non-hydrogen) atoms. The minimum absolute atomic E-state index is 0.158. The Balaban J connectivity index is 2.07. The maximum absolute atomic E-state index is 11.8. The van der Waals surface area contributed by atoms with Gasteiger partial charge in [-0.05, 0) is 26.3 Å². The fourth-order valence-electron chi connectivity index (χ4n) is 1.83. The lowest BCUT2D eigenvalue weighted by molar-refractivity contribution is -0.145. The topological polar surface area (TPSA) is 69.2 Å². The second-order valence-electron chi connectivity index (χ2n) is 4.45. The van der Waals surface area contributed by atoms with Gasteiger partial charge in [-0.25, -0.2) is 9.97 Å². The summed E-state index contributed by atoms with van der Waals surface area (Å²) in [7, 11) is 0. The predicted molar refractivity (Wildman–Crippen MR) is 83.9 cm³/mol. The molecule has 2 aromatic heterocycles. The molecule has 0 N–H and O–H groups in total. The van der Waals surface area contributed by atoms with Crippen molar-refractivity contribution in [2.24, 2.45) is 0 Å². The van der Waals surface area contributed by atoms with Crippen molar-refractivity contribution < 1.29 is 14.3 Å². The van der Waals surface area contributed by atoms with E-state index in [0.29, 0.717) is 6.61 Å². The summed E-state index contributed by atoms with van der Waals surface area (Å²) in [5.74, 6) is -0.424. The first-order valence-corrected chi connectivity index (χ1v) is 8.34. The number of nitrogens with zero attached hydrogens (tertiary/aromatic N) is 2. The molecule has 0 saturated carbocycles. The van der Waals surface area contributed by atoms with Gasteiger partial charge in [-0.3, -0.25) is 9.59 Å². The average Bonchev–Trinajstić information content (AvgIpc) is 2.73. The molecule has 0 fully saturated rings. The number of carbonyl (C=O) groups excluding carboxylic acids is 2. The molecule has 112 valence electrons. The average molecular weight is 324 g/mol. The second-order valence-corrected chi connectivity index (χ2v) is 6.62. The lowest BCUT2D eigenvalue weighted by atomic mass is 10.2. The summed E-state index contributed by atoms with van der Waals surface area (Å²) in [5, 5.41) is 1.80. The van der Waals surface area contributed by atoms with E-state index in [4.69, 9.17) is 4.74 Å². The van der Waals surface area contributed by atoms with E-state index in [0.717, 1.165) is 20.8 Å². The Morgan fingerprint density at radius 1 is 1.33 bits per heavy atom. The van der Waals surface area contributed by atoms with Gasteiger partial charge in [0.2, 0.25) is 0 Å². The number of hydrogen-bond donors (Lipinski definition) is 0. The van der Waals surface area contributed by atoms with Gasteiger partial charge < -0.3 is 4.74 Å². The zero-order chi connectivity index (χ0) is 15.4. The van der Waals surface area contributed by atoms with Gasteiger partial charge in [-0.2, -0.15) is 0 Å². The smallest absolute Gasteiger partial charge is 0.313 e. The molecule has 2 rings (SSSR count). The zero-order valence-electron chi connectivity index (χ0n) is 12.1. The molecule has 5 nitrogen and oxygen atoms in total. The monoisotopic (exact) mass is 324 g/mol. The number of rotatable bonds is 6. The van der Waals surface area contributed by atoms with Crippen molar-refractivity contribution in [2.45, 2.75) is 32.2 Å². The fourth-order valence-corrected chi connectivity index (χ4v) is 3.81. The molecule has 0 saturated heterocycles. The highest BCUT2D eigenvalue weighted by Gasteiger charge is 2.15. The van der Waals surface area contributed by atoms with Gasteiger partial charge in [0, 0.05) is 10.3 Å². The van der Waals surface area contributed by atoms with Crippen molar-refractivity contribution in [3.05, 3.63) is 16.8 Å². The van der Waals surface area contributed by atoms with Gasteiger partial charge in [-0.15, -0.1) is 11.3 Å². The summed E-state index contributed by atoms with van der Waals surface area (Å²) in [6.07, 6.45) is 1.33. The molecule has 0 spiro atoms. The number of ketones is 1. The molecule has 2 aromatic rings. The zero-order valence-corrected chi connectivity index (χ0v) is 13.8. The third kappa shape index (κ3) is 3.79. The number of ether oxygens (including phenoxy) is 1. The van der Waals surface area contributed by atoms with E-state index in [1.54, 1.807) is 18.3 Å². The van der Waals surface area contributed by atoms with Gasteiger partial charge in [-0.1, -0.05) is 11.8 Å². The van der Waals surface area contributed by atoms with E-state index in [1.165, 1.54) is 23.0 Å². The van der Waals surface area contributed by atoms with Crippen LogP contribution in [0.5, 0.6) is 0 Å². The van der Waals surface area contributed by atoms with Crippen LogP contribution in [0.4, 0.5) is 0 Å². The van der Waals surface area contributed by atoms with Gasteiger partial charge in [0.15, 0.2) is 5.78 Å². The van der Waals surface area contributed by atoms with E-state index in [-0.39, 0.29) is 18.0 Å². The summed E-state index contributed by atoms with van der Waals surface area (Å²) in [5.41, 5.74) is 1.15. The molecule has 0 aliphatic rings. The second kappa shape index (κ2) is 7.00. The standard InChI is InChI=1S/C14H16N2O3S2/c1-4-19-11(18)5-10(17)6-20-13-12-8(2)9(3)21-14(12)16-7-15-13/h7H,4-6H2,1-3H3.